The highest BCUT2D eigenvalue weighted by atomic mass is 19.4. The maximum Gasteiger partial charge on any atom is 0.433 e. The molecule has 0 aliphatic heterocycles. The Hall–Kier alpha value is -2.31. The zero-order valence-electron chi connectivity index (χ0n) is 13.6. The standard InChI is InChI=1S/C16H17F3N4/c1-8-6-9(2)15-20-10(3)7-23(15)13(8)12-11(4)14(16(17,18)19)22(5)21-12/h6-7H,1-5H3. The van der Waals surface area contributed by atoms with Gasteiger partial charge < -0.3 is 0 Å². The van der Waals surface area contributed by atoms with Gasteiger partial charge in [0, 0.05) is 18.8 Å². The Morgan fingerprint density at radius 3 is 2.26 bits per heavy atom. The second kappa shape index (κ2) is 4.84. The van der Waals surface area contributed by atoms with E-state index in [-0.39, 0.29) is 5.56 Å². The van der Waals surface area contributed by atoms with Crippen LogP contribution in [0, 0.1) is 27.7 Å². The molecule has 0 amide bonds. The van der Waals surface area contributed by atoms with Crippen LogP contribution >= 0.6 is 0 Å². The summed E-state index contributed by atoms with van der Waals surface area (Å²) in [7, 11) is 1.32. The van der Waals surface area contributed by atoms with Crippen LogP contribution in [0.2, 0.25) is 0 Å². The van der Waals surface area contributed by atoms with Gasteiger partial charge in [0.15, 0.2) is 0 Å². The average molecular weight is 322 g/mol. The molecule has 0 atom stereocenters. The molecule has 0 saturated heterocycles. The van der Waals surface area contributed by atoms with Crippen molar-refractivity contribution in [2.45, 2.75) is 33.9 Å². The van der Waals surface area contributed by atoms with Crippen molar-refractivity contribution in [2.24, 2.45) is 7.05 Å². The average Bonchev–Trinajstić information content (AvgIpc) is 2.90. The first kappa shape index (κ1) is 15.6. The van der Waals surface area contributed by atoms with Gasteiger partial charge in [0.25, 0.3) is 0 Å². The van der Waals surface area contributed by atoms with Crippen LogP contribution in [0.5, 0.6) is 0 Å². The largest absolute Gasteiger partial charge is 0.433 e. The quantitative estimate of drug-likeness (QED) is 0.679. The molecule has 3 heterocycles. The van der Waals surface area contributed by atoms with Gasteiger partial charge in [0.2, 0.25) is 0 Å². The molecule has 0 radical (unpaired) electrons. The number of aryl methyl sites for hydroxylation is 4. The summed E-state index contributed by atoms with van der Waals surface area (Å²) in [5, 5.41) is 4.14. The summed E-state index contributed by atoms with van der Waals surface area (Å²) in [6.07, 6.45) is -2.61. The summed E-state index contributed by atoms with van der Waals surface area (Å²) in [5.74, 6) is 0. The minimum absolute atomic E-state index is 0.125. The molecule has 3 aromatic rings. The number of nitrogens with zero attached hydrogens (tertiary/aromatic N) is 4. The van der Waals surface area contributed by atoms with Crippen molar-refractivity contribution in [3.63, 3.8) is 0 Å². The van der Waals surface area contributed by atoms with E-state index in [1.807, 2.05) is 37.4 Å². The molecular weight excluding hydrogens is 305 g/mol. The molecule has 4 nitrogen and oxygen atoms in total. The number of aromatic nitrogens is 4. The van der Waals surface area contributed by atoms with Gasteiger partial charge in [0.1, 0.15) is 17.0 Å². The number of pyridine rings is 1. The molecule has 3 aromatic heterocycles. The molecule has 0 fully saturated rings. The second-order valence-electron chi connectivity index (χ2n) is 5.88. The lowest BCUT2D eigenvalue weighted by Gasteiger charge is -2.11. The Balaban J connectivity index is 2.39. The van der Waals surface area contributed by atoms with Gasteiger partial charge in [-0.3, -0.25) is 9.08 Å². The van der Waals surface area contributed by atoms with Crippen molar-refractivity contribution >= 4 is 5.65 Å². The van der Waals surface area contributed by atoms with E-state index in [0.29, 0.717) is 11.4 Å². The molecule has 0 saturated carbocycles. The molecule has 0 aromatic carbocycles. The lowest BCUT2D eigenvalue weighted by Crippen LogP contribution is -2.13. The van der Waals surface area contributed by atoms with Gasteiger partial charge >= 0.3 is 6.18 Å². The van der Waals surface area contributed by atoms with Crippen LogP contribution in [0.3, 0.4) is 0 Å². The SMILES string of the molecule is Cc1cn2c(-c3nn(C)c(C(F)(F)F)c3C)c(C)cc(C)c2n1. The Labute approximate surface area is 131 Å². The fourth-order valence-electron chi connectivity index (χ4n) is 3.15. The molecule has 0 bridgehead atoms. The van der Waals surface area contributed by atoms with Crippen LogP contribution in [0.15, 0.2) is 12.3 Å². The van der Waals surface area contributed by atoms with Gasteiger partial charge in [0.05, 0.1) is 11.4 Å². The fourth-order valence-corrected chi connectivity index (χ4v) is 3.15. The van der Waals surface area contributed by atoms with Crippen LogP contribution in [0.4, 0.5) is 13.2 Å². The van der Waals surface area contributed by atoms with Crippen molar-refractivity contribution in [1.29, 1.82) is 0 Å². The third kappa shape index (κ3) is 2.31. The van der Waals surface area contributed by atoms with Gasteiger partial charge in [-0.25, -0.2) is 4.98 Å². The maximum absolute atomic E-state index is 13.2. The van der Waals surface area contributed by atoms with Crippen LogP contribution in [-0.2, 0) is 13.2 Å². The van der Waals surface area contributed by atoms with Crippen molar-refractivity contribution in [3.05, 3.63) is 40.3 Å². The predicted molar refractivity (Wildman–Crippen MR) is 81.3 cm³/mol. The lowest BCUT2D eigenvalue weighted by atomic mass is 10.1. The molecule has 0 spiro atoms. The number of imidazole rings is 1. The van der Waals surface area contributed by atoms with Crippen molar-refractivity contribution in [3.8, 4) is 11.4 Å². The molecule has 0 N–H and O–H groups in total. The molecule has 0 aliphatic carbocycles. The number of alkyl halides is 3. The third-order valence-electron chi connectivity index (χ3n) is 4.00. The first-order valence-electron chi connectivity index (χ1n) is 7.18. The van der Waals surface area contributed by atoms with Gasteiger partial charge in [-0.05, 0) is 38.8 Å². The Morgan fingerprint density at radius 2 is 1.70 bits per heavy atom. The number of fused-ring (bicyclic) bond motifs is 1. The Morgan fingerprint density at radius 1 is 1.04 bits per heavy atom. The van der Waals surface area contributed by atoms with Gasteiger partial charge in [-0.1, -0.05) is 6.07 Å². The highest BCUT2D eigenvalue weighted by Gasteiger charge is 2.38. The summed E-state index contributed by atoms with van der Waals surface area (Å²) in [5.41, 5.74) is 3.77. The normalized spacial score (nSPS) is 12.3. The molecule has 0 unspecified atom stereocenters. The zero-order valence-corrected chi connectivity index (χ0v) is 13.6. The predicted octanol–water partition coefficient (Wildman–Crippen LogP) is 3.99. The van der Waals surface area contributed by atoms with E-state index in [1.54, 1.807) is 0 Å². The van der Waals surface area contributed by atoms with E-state index >= 15 is 0 Å². The topological polar surface area (TPSA) is 35.1 Å². The lowest BCUT2D eigenvalue weighted by molar-refractivity contribution is -0.144. The van der Waals surface area contributed by atoms with Crippen molar-refractivity contribution in [2.75, 3.05) is 0 Å². The Kier molecular flexibility index (Phi) is 3.28. The Bertz CT molecular complexity index is 916. The maximum atomic E-state index is 13.2. The van der Waals surface area contributed by atoms with E-state index in [9.17, 15) is 13.2 Å². The fraction of sp³-hybridized carbons (Fsp3) is 0.375. The molecule has 7 heteroatoms. The van der Waals surface area contributed by atoms with Gasteiger partial charge in [-0.15, -0.1) is 0 Å². The number of hydrogen-bond donors (Lipinski definition) is 0. The molecule has 23 heavy (non-hydrogen) atoms. The van der Waals surface area contributed by atoms with E-state index in [1.165, 1.54) is 14.0 Å². The van der Waals surface area contributed by atoms with Gasteiger partial charge in [-0.2, -0.15) is 18.3 Å². The molecular formula is C16H17F3N4. The zero-order chi connectivity index (χ0) is 17.1. The monoisotopic (exact) mass is 322 g/mol. The summed E-state index contributed by atoms with van der Waals surface area (Å²) in [6.45, 7) is 7.13. The first-order chi connectivity index (χ1) is 10.6. The highest BCUT2D eigenvalue weighted by Crippen LogP contribution is 2.37. The number of rotatable bonds is 1. The molecule has 122 valence electrons. The molecule has 3 rings (SSSR count). The second-order valence-corrected chi connectivity index (χ2v) is 5.88. The summed E-state index contributed by atoms with van der Waals surface area (Å²) < 4.78 is 42.5. The summed E-state index contributed by atoms with van der Waals surface area (Å²) in [6, 6.07) is 1.93. The highest BCUT2D eigenvalue weighted by molar-refractivity contribution is 5.69. The smallest absolute Gasteiger partial charge is 0.297 e. The minimum Gasteiger partial charge on any atom is -0.297 e. The molecule has 0 aliphatic rings. The van der Waals surface area contributed by atoms with Crippen LogP contribution in [-0.4, -0.2) is 19.2 Å². The van der Waals surface area contributed by atoms with E-state index < -0.39 is 11.9 Å². The van der Waals surface area contributed by atoms with E-state index in [2.05, 4.69) is 10.1 Å². The number of halogens is 3. The van der Waals surface area contributed by atoms with Crippen LogP contribution < -0.4 is 0 Å². The summed E-state index contributed by atoms with van der Waals surface area (Å²) >= 11 is 0. The van der Waals surface area contributed by atoms with Crippen LogP contribution in [0.25, 0.3) is 17.0 Å². The third-order valence-corrected chi connectivity index (χ3v) is 4.00. The van der Waals surface area contributed by atoms with Crippen LogP contribution in [0.1, 0.15) is 28.1 Å². The van der Waals surface area contributed by atoms with E-state index in [0.717, 1.165) is 27.1 Å². The minimum atomic E-state index is -4.44. The van der Waals surface area contributed by atoms with Crippen molar-refractivity contribution < 1.29 is 13.2 Å². The van der Waals surface area contributed by atoms with E-state index in [4.69, 9.17) is 0 Å². The first-order valence-corrected chi connectivity index (χ1v) is 7.18. The summed E-state index contributed by atoms with van der Waals surface area (Å²) in [4.78, 5) is 4.45. The number of hydrogen-bond acceptors (Lipinski definition) is 2. The van der Waals surface area contributed by atoms with Crippen molar-refractivity contribution in [1.82, 2.24) is 19.2 Å².